The van der Waals surface area contributed by atoms with Crippen LogP contribution in [0.3, 0.4) is 0 Å². The summed E-state index contributed by atoms with van der Waals surface area (Å²) in [5, 5.41) is 49.4. The van der Waals surface area contributed by atoms with Gasteiger partial charge in [0.1, 0.15) is 0 Å². The topological polar surface area (TPSA) is 130 Å². The van der Waals surface area contributed by atoms with Crippen molar-refractivity contribution in [2.45, 2.75) is 52.4 Å². The maximum absolute atomic E-state index is 6.27. The Labute approximate surface area is 725 Å². The molecule has 0 aliphatic heterocycles. The third-order valence-electron chi connectivity index (χ3n) is 22.3. The van der Waals surface area contributed by atoms with E-state index in [-0.39, 0.29) is 71.1 Å². The molecule has 15 aromatic carbocycles. The molecule has 8 heterocycles. The maximum atomic E-state index is 6.27. The van der Waals surface area contributed by atoms with Crippen LogP contribution in [0.25, 0.3) is 187 Å². The van der Waals surface area contributed by atoms with Crippen LogP contribution in [-0.2, 0) is 71.1 Å². The van der Waals surface area contributed by atoms with Crippen molar-refractivity contribution in [3.8, 4) is 46.0 Å². The number of hydrogen-bond donors (Lipinski definition) is 0. The third kappa shape index (κ3) is 13.8. The summed E-state index contributed by atoms with van der Waals surface area (Å²) in [4.78, 5) is 2.15. The molecule has 0 atom stereocenters. The Morgan fingerprint density at radius 3 is 0.916 bits per heavy atom. The maximum Gasteiger partial charge on any atom is 0.166 e. The van der Waals surface area contributed by atoms with Gasteiger partial charge in [0.2, 0.25) is 0 Å². The first-order valence-electron chi connectivity index (χ1n) is 39.1. The van der Waals surface area contributed by atoms with Gasteiger partial charge in [0.05, 0.1) is 56.4 Å². The van der Waals surface area contributed by atoms with Crippen molar-refractivity contribution in [3.63, 3.8) is 0 Å². The zero-order valence-corrected chi connectivity index (χ0v) is 72.6. The van der Waals surface area contributed by atoms with E-state index in [1.807, 2.05) is 109 Å². The smallest absolute Gasteiger partial charge is 0.166 e. The van der Waals surface area contributed by atoms with Crippen molar-refractivity contribution >= 4 is 158 Å². The van der Waals surface area contributed by atoms with E-state index < -0.39 is 0 Å². The van der Waals surface area contributed by atoms with Gasteiger partial charge in [-0.3, -0.25) is 14.0 Å². The number of nitrogens with zero attached hydrogens (tertiary/aromatic N) is 9. The molecule has 0 fully saturated rings. The Bertz CT molecular complexity index is 7590. The number of para-hydroxylation sites is 7. The van der Waals surface area contributed by atoms with Gasteiger partial charge in [0.15, 0.2) is 17.5 Å². The van der Waals surface area contributed by atoms with Crippen molar-refractivity contribution in [1.82, 2.24) is 39.7 Å². The van der Waals surface area contributed by atoms with Gasteiger partial charge >= 0.3 is 0 Å². The minimum Gasteiger partial charge on any atom is -0.518 e. The molecule has 12 nitrogen and oxygen atoms in total. The van der Waals surface area contributed by atoms with Gasteiger partial charge in [0.25, 0.3) is 0 Å². The molecule has 581 valence electrons. The van der Waals surface area contributed by atoms with Crippen molar-refractivity contribution in [2.24, 2.45) is 0 Å². The van der Waals surface area contributed by atoms with E-state index in [0.29, 0.717) is 34.4 Å². The number of benzene rings is 15. The number of hydrogen-bond acceptors (Lipinski definition) is 10. The summed E-state index contributed by atoms with van der Waals surface area (Å²) >= 11 is 0. The van der Waals surface area contributed by atoms with Gasteiger partial charge in [-0.2, -0.15) is 15.3 Å². The first-order valence-corrected chi connectivity index (χ1v) is 39.1. The summed E-state index contributed by atoms with van der Waals surface area (Å²) in [7, 11) is 0. The SMILES string of the molecule is CC(C)(C)c1ccc2c(c1)c1cc(C(C)(C)C)ccc1n2-c1nnc(-c2[c-]c3ccccc3o2)c2cc3ccccc3cc12.[Ir].[Ir].[Ir].[c-]1c(-c2nnc(-n3c4ccccc4c4ccccc43)c3cc4ccccc4cc23)oc2ccccc12.[c-]1c(-c2nnc(N(c3ccccc3)c3ccccc3)c3cc4ccccc4cc23)oc2ccccc12. The van der Waals surface area contributed by atoms with E-state index >= 15 is 0 Å². The molecule has 23 aromatic rings. The minimum atomic E-state index is 0. The summed E-state index contributed by atoms with van der Waals surface area (Å²) in [5.41, 5.74) is 13.5. The number of rotatable bonds is 8. The van der Waals surface area contributed by atoms with Crippen LogP contribution in [-0.4, -0.2) is 39.7 Å². The minimum absolute atomic E-state index is 0. The molecule has 0 saturated heterocycles. The largest absolute Gasteiger partial charge is 0.518 e. The molecule has 0 N–H and O–H groups in total. The van der Waals surface area contributed by atoms with Crippen LogP contribution < -0.4 is 4.90 Å². The van der Waals surface area contributed by atoms with Crippen LogP contribution in [0.1, 0.15) is 52.7 Å². The number of anilines is 3. The van der Waals surface area contributed by atoms with Crippen LogP contribution in [0.4, 0.5) is 17.2 Å². The average molecular weight is 2070 g/mol. The summed E-state index contributed by atoms with van der Waals surface area (Å²) in [6.45, 7) is 13.6. The Balaban J connectivity index is 0.000000122. The van der Waals surface area contributed by atoms with Crippen LogP contribution >= 0.6 is 0 Å². The zero-order chi connectivity index (χ0) is 77.9. The monoisotopic (exact) mass is 2070 g/mol. The Kier molecular flexibility index (Phi) is 20.2. The first kappa shape index (κ1) is 77.3. The molecule has 0 aliphatic rings. The summed E-state index contributed by atoms with van der Waals surface area (Å²) in [6.07, 6.45) is 0. The Morgan fingerprint density at radius 2 is 0.555 bits per heavy atom. The van der Waals surface area contributed by atoms with Crippen molar-refractivity contribution in [1.29, 1.82) is 0 Å². The molecule has 0 spiro atoms. The fourth-order valence-corrected chi connectivity index (χ4v) is 16.4. The third-order valence-corrected chi connectivity index (χ3v) is 22.3. The van der Waals surface area contributed by atoms with Crippen LogP contribution in [0.15, 0.2) is 341 Å². The van der Waals surface area contributed by atoms with Crippen molar-refractivity contribution in [3.05, 3.63) is 357 Å². The van der Waals surface area contributed by atoms with E-state index in [4.69, 9.17) is 43.8 Å². The molecule has 23 rings (SSSR count). The molecular formula is C104H72Ir3N9O3-3. The molecule has 8 aromatic heterocycles. The number of aromatic nitrogens is 8. The van der Waals surface area contributed by atoms with Gasteiger partial charge < -0.3 is 13.3 Å². The summed E-state index contributed by atoms with van der Waals surface area (Å²) in [6, 6.07) is 124. The van der Waals surface area contributed by atoms with Crippen molar-refractivity contribution < 1.29 is 73.6 Å². The predicted octanol–water partition coefficient (Wildman–Crippen LogP) is 27.2. The second kappa shape index (κ2) is 31.2. The van der Waals surface area contributed by atoms with Crippen LogP contribution in [0, 0.1) is 18.2 Å². The predicted molar refractivity (Wildman–Crippen MR) is 474 cm³/mol. The summed E-state index contributed by atoms with van der Waals surface area (Å²) in [5.74, 6) is 4.13. The molecule has 0 saturated carbocycles. The fourth-order valence-electron chi connectivity index (χ4n) is 16.4. The zero-order valence-electron chi connectivity index (χ0n) is 65.4. The molecule has 0 amide bonds. The molecular weight excluding hydrogens is 2000 g/mol. The second-order valence-electron chi connectivity index (χ2n) is 31.7. The van der Waals surface area contributed by atoms with Crippen molar-refractivity contribution in [2.75, 3.05) is 4.90 Å². The normalized spacial score (nSPS) is 11.7. The number of furan rings is 3. The second-order valence-corrected chi connectivity index (χ2v) is 31.7. The Morgan fingerprint density at radius 1 is 0.261 bits per heavy atom. The summed E-state index contributed by atoms with van der Waals surface area (Å²) < 4.78 is 23.1. The van der Waals surface area contributed by atoms with E-state index in [0.717, 1.165) is 148 Å². The molecule has 15 heteroatoms. The van der Waals surface area contributed by atoms with E-state index in [2.05, 4.69) is 292 Å². The van der Waals surface area contributed by atoms with Gasteiger partial charge in [-0.05, 0) is 149 Å². The molecule has 0 unspecified atom stereocenters. The molecule has 0 aliphatic carbocycles. The van der Waals surface area contributed by atoms with E-state index in [1.165, 1.54) is 32.7 Å². The van der Waals surface area contributed by atoms with Gasteiger partial charge in [-0.25, -0.2) is 0 Å². The molecule has 3 radical (unpaired) electrons. The van der Waals surface area contributed by atoms with E-state index in [1.54, 1.807) is 0 Å². The van der Waals surface area contributed by atoms with Crippen LogP contribution in [0.5, 0.6) is 0 Å². The van der Waals surface area contributed by atoms with Gasteiger partial charge in [-0.15, -0.1) is 67.9 Å². The fraction of sp³-hybridized carbons (Fsp3) is 0.0769. The average Bonchev–Trinajstić information content (AvgIpc) is 1.58. The Hall–Kier alpha value is -12.9. The molecule has 119 heavy (non-hydrogen) atoms. The van der Waals surface area contributed by atoms with Gasteiger partial charge in [-0.1, -0.05) is 272 Å². The first-order chi connectivity index (χ1) is 56.8. The van der Waals surface area contributed by atoms with Crippen LogP contribution in [0.2, 0.25) is 0 Å². The quantitative estimate of drug-likeness (QED) is 0.107. The number of fused-ring (bicyclic) bond motifs is 15. The van der Waals surface area contributed by atoms with E-state index in [9.17, 15) is 0 Å². The van der Waals surface area contributed by atoms with Gasteiger partial charge in [0, 0.05) is 126 Å². The standard InChI is InChI=1S/C40H34N3O.C32H18N3O.C32H20N3O.3Ir/c1-39(2,3)27-15-17-33-29(22-27)30-23-28(40(4,5)6)16-18-34(30)43(33)38-32-20-25-12-8-7-11-24(25)19-31(32)37(41-42-38)36-21-26-13-9-10-14-35(26)44-36;1-2-10-21-18-26-25(17-20(21)9-1)31(30-19-22-11-3-8-16-29(22)36-30)33-34-32(26)35-27-14-6-4-12-23(27)24-13-5-7-15-28(24)35;1-3-14-25(15-4-1)35(26-16-5-2-6-17-26)32-28-20-23-12-8-7-11-22(23)19-27(28)31(33-34-32)30-21-24-13-9-10-18-29(24)36-30;;;/h7-20,22-23H,1-6H3;1-18H;1-20H;;;/q3*-1;;;. The molecule has 0 bridgehead atoms.